The van der Waals surface area contributed by atoms with E-state index in [4.69, 9.17) is 0 Å². The quantitative estimate of drug-likeness (QED) is 0.836. The number of aryl methyl sites for hydroxylation is 3. The monoisotopic (exact) mass is 336 g/mol. The lowest BCUT2D eigenvalue weighted by Crippen LogP contribution is -2.30. The molecule has 1 aliphatic carbocycles. The second-order valence-electron chi connectivity index (χ2n) is 7.73. The fourth-order valence-electron chi connectivity index (χ4n) is 4.61. The van der Waals surface area contributed by atoms with Gasteiger partial charge in [-0.1, -0.05) is 0 Å². The van der Waals surface area contributed by atoms with Gasteiger partial charge in [0.1, 0.15) is 12.1 Å². The van der Waals surface area contributed by atoms with Crippen molar-refractivity contribution in [2.75, 3.05) is 36.0 Å². The average Bonchev–Trinajstić information content (AvgIpc) is 3.20. The van der Waals surface area contributed by atoms with Gasteiger partial charge < -0.3 is 9.80 Å². The zero-order valence-corrected chi connectivity index (χ0v) is 14.7. The van der Waals surface area contributed by atoms with Crippen LogP contribution in [0.25, 0.3) is 0 Å². The molecule has 4 heterocycles. The number of rotatable bonds is 2. The molecule has 6 nitrogen and oxygen atoms in total. The maximum atomic E-state index is 4.53. The SMILES string of the molecule is Cc1cc(N2CC3CN(c4cc5c(nn4)CCCC5)CC3C2)ncn1. The number of hydrogen-bond donors (Lipinski definition) is 0. The van der Waals surface area contributed by atoms with Crippen molar-refractivity contribution in [2.24, 2.45) is 11.8 Å². The molecule has 2 fully saturated rings. The van der Waals surface area contributed by atoms with Gasteiger partial charge in [0, 0.05) is 49.8 Å². The Morgan fingerprint density at radius 3 is 2.32 bits per heavy atom. The molecule has 2 saturated heterocycles. The number of hydrogen-bond acceptors (Lipinski definition) is 6. The highest BCUT2D eigenvalue weighted by Crippen LogP contribution is 2.35. The Morgan fingerprint density at radius 2 is 1.56 bits per heavy atom. The van der Waals surface area contributed by atoms with E-state index in [1.807, 2.05) is 6.92 Å². The highest BCUT2D eigenvalue weighted by molar-refractivity contribution is 5.46. The summed E-state index contributed by atoms with van der Waals surface area (Å²) in [5.74, 6) is 3.53. The van der Waals surface area contributed by atoms with E-state index >= 15 is 0 Å². The van der Waals surface area contributed by atoms with Crippen LogP contribution >= 0.6 is 0 Å². The predicted octanol–water partition coefficient (Wildman–Crippen LogP) is 2.03. The molecule has 2 aliphatic heterocycles. The average molecular weight is 336 g/mol. The van der Waals surface area contributed by atoms with Gasteiger partial charge in [-0.2, -0.15) is 5.10 Å². The molecule has 3 aliphatic rings. The van der Waals surface area contributed by atoms with E-state index in [1.165, 1.54) is 30.5 Å². The summed E-state index contributed by atoms with van der Waals surface area (Å²) >= 11 is 0. The highest BCUT2D eigenvalue weighted by atomic mass is 15.3. The van der Waals surface area contributed by atoms with E-state index in [0.717, 1.165) is 49.9 Å². The number of nitrogens with zero attached hydrogens (tertiary/aromatic N) is 6. The predicted molar refractivity (Wildman–Crippen MR) is 96.8 cm³/mol. The van der Waals surface area contributed by atoms with E-state index in [-0.39, 0.29) is 0 Å². The Hall–Kier alpha value is -2.24. The van der Waals surface area contributed by atoms with Crippen LogP contribution in [0.3, 0.4) is 0 Å². The minimum Gasteiger partial charge on any atom is -0.356 e. The first-order valence-corrected chi connectivity index (χ1v) is 9.40. The fraction of sp³-hybridized carbons (Fsp3) is 0.579. The molecule has 0 bridgehead atoms. The molecule has 2 aromatic heterocycles. The zero-order valence-electron chi connectivity index (χ0n) is 14.7. The van der Waals surface area contributed by atoms with Gasteiger partial charge in [0.25, 0.3) is 0 Å². The molecule has 6 heteroatoms. The molecule has 2 aromatic rings. The smallest absolute Gasteiger partial charge is 0.151 e. The van der Waals surface area contributed by atoms with Crippen LogP contribution in [0.4, 0.5) is 11.6 Å². The largest absolute Gasteiger partial charge is 0.356 e. The van der Waals surface area contributed by atoms with Crippen molar-refractivity contribution in [1.29, 1.82) is 0 Å². The van der Waals surface area contributed by atoms with E-state index in [2.05, 4.69) is 42.1 Å². The van der Waals surface area contributed by atoms with E-state index in [0.29, 0.717) is 11.8 Å². The lowest BCUT2D eigenvalue weighted by atomic mass is 9.97. The van der Waals surface area contributed by atoms with Crippen LogP contribution in [0.2, 0.25) is 0 Å². The van der Waals surface area contributed by atoms with Crippen molar-refractivity contribution in [1.82, 2.24) is 20.2 Å². The van der Waals surface area contributed by atoms with Gasteiger partial charge in [-0.05, 0) is 44.2 Å². The minimum atomic E-state index is 0.688. The Labute approximate surface area is 148 Å². The molecule has 0 saturated carbocycles. The topological polar surface area (TPSA) is 58.0 Å². The van der Waals surface area contributed by atoms with Crippen molar-refractivity contribution in [2.45, 2.75) is 32.6 Å². The summed E-state index contributed by atoms with van der Waals surface area (Å²) in [5.41, 5.74) is 3.68. The molecule has 0 aromatic carbocycles. The second kappa shape index (κ2) is 5.93. The number of aromatic nitrogens is 4. The first-order chi connectivity index (χ1) is 12.3. The maximum absolute atomic E-state index is 4.53. The molecular weight excluding hydrogens is 312 g/mol. The molecule has 2 unspecified atom stereocenters. The Kier molecular flexibility index (Phi) is 3.57. The molecule has 0 radical (unpaired) electrons. The van der Waals surface area contributed by atoms with Crippen LogP contribution in [0.15, 0.2) is 18.5 Å². The lowest BCUT2D eigenvalue weighted by molar-refractivity contribution is 0.533. The van der Waals surface area contributed by atoms with Gasteiger partial charge >= 0.3 is 0 Å². The highest BCUT2D eigenvalue weighted by Gasteiger charge is 2.41. The third-order valence-electron chi connectivity index (χ3n) is 5.98. The lowest BCUT2D eigenvalue weighted by Gasteiger charge is -2.24. The van der Waals surface area contributed by atoms with Crippen LogP contribution in [0.1, 0.15) is 29.8 Å². The van der Waals surface area contributed by atoms with E-state index in [1.54, 1.807) is 6.33 Å². The first-order valence-electron chi connectivity index (χ1n) is 9.40. The second-order valence-corrected chi connectivity index (χ2v) is 7.73. The van der Waals surface area contributed by atoms with Gasteiger partial charge in [0.2, 0.25) is 0 Å². The van der Waals surface area contributed by atoms with Crippen LogP contribution in [-0.4, -0.2) is 46.3 Å². The summed E-state index contributed by atoms with van der Waals surface area (Å²) in [5, 5.41) is 9.04. The van der Waals surface area contributed by atoms with Crippen molar-refractivity contribution in [3.8, 4) is 0 Å². The van der Waals surface area contributed by atoms with Crippen LogP contribution < -0.4 is 9.80 Å². The summed E-state index contributed by atoms with van der Waals surface area (Å²) in [6, 6.07) is 4.39. The van der Waals surface area contributed by atoms with Crippen molar-refractivity contribution in [3.63, 3.8) is 0 Å². The Bertz CT molecular complexity index is 777. The van der Waals surface area contributed by atoms with Crippen molar-refractivity contribution < 1.29 is 0 Å². The van der Waals surface area contributed by atoms with Crippen molar-refractivity contribution in [3.05, 3.63) is 35.4 Å². The molecule has 130 valence electrons. The van der Waals surface area contributed by atoms with E-state index < -0.39 is 0 Å². The zero-order chi connectivity index (χ0) is 16.8. The third kappa shape index (κ3) is 2.73. The molecule has 5 rings (SSSR count). The van der Waals surface area contributed by atoms with Crippen LogP contribution in [-0.2, 0) is 12.8 Å². The summed E-state index contributed by atoms with van der Waals surface area (Å²) < 4.78 is 0. The summed E-state index contributed by atoms with van der Waals surface area (Å²) in [6.07, 6.45) is 6.48. The molecular formula is C19H24N6. The van der Waals surface area contributed by atoms with Gasteiger partial charge in [0.15, 0.2) is 5.82 Å². The van der Waals surface area contributed by atoms with Crippen LogP contribution in [0, 0.1) is 18.8 Å². The van der Waals surface area contributed by atoms with E-state index in [9.17, 15) is 0 Å². The first kappa shape index (κ1) is 15.0. The maximum Gasteiger partial charge on any atom is 0.151 e. The standard InChI is InChI=1S/C19H24N6/c1-13-6-18(21-12-20-13)24-8-15-10-25(11-16(15)9-24)19-7-14-4-2-3-5-17(14)22-23-19/h6-7,12,15-16H,2-5,8-11H2,1H3. The van der Waals surface area contributed by atoms with Gasteiger partial charge in [-0.15, -0.1) is 5.10 Å². The summed E-state index contributed by atoms with van der Waals surface area (Å²) in [4.78, 5) is 13.5. The Morgan fingerprint density at radius 1 is 0.840 bits per heavy atom. The van der Waals surface area contributed by atoms with Gasteiger partial charge in [0.05, 0.1) is 5.69 Å². The fourth-order valence-corrected chi connectivity index (χ4v) is 4.61. The number of anilines is 2. The number of fused-ring (bicyclic) bond motifs is 2. The van der Waals surface area contributed by atoms with Gasteiger partial charge in [-0.25, -0.2) is 9.97 Å². The molecule has 0 spiro atoms. The molecule has 0 amide bonds. The summed E-state index contributed by atoms with van der Waals surface area (Å²) in [7, 11) is 0. The molecule has 25 heavy (non-hydrogen) atoms. The summed E-state index contributed by atoms with van der Waals surface area (Å²) in [6.45, 7) is 6.35. The van der Waals surface area contributed by atoms with Crippen LogP contribution in [0.5, 0.6) is 0 Å². The molecule has 2 atom stereocenters. The third-order valence-corrected chi connectivity index (χ3v) is 5.98. The molecule has 0 N–H and O–H groups in total. The minimum absolute atomic E-state index is 0.688. The van der Waals surface area contributed by atoms with Gasteiger partial charge in [-0.3, -0.25) is 0 Å². The normalized spacial score (nSPS) is 25.2. The Balaban J connectivity index is 1.29. The van der Waals surface area contributed by atoms with Crippen molar-refractivity contribution >= 4 is 11.6 Å².